The Bertz CT molecular complexity index is 721. The van der Waals surface area contributed by atoms with Crippen molar-refractivity contribution in [1.29, 1.82) is 0 Å². The van der Waals surface area contributed by atoms with Crippen LogP contribution in [0.2, 0.25) is 0 Å². The van der Waals surface area contributed by atoms with Crippen molar-refractivity contribution in [3.8, 4) is 0 Å². The molecule has 0 aliphatic heterocycles. The van der Waals surface area contributed by atoms with E-state index in [1.54, 1.807) is 13.2 Å². The molecule has 1 aromatic carbocycles. The van der Waals surface area contributed by atoms with Gasteiger partial charge in [0.1, 0.15) is 5.69 Å². The number of nitro groups is 1. The van der Waals surface area contributed by atoms with Crippen LogP contribution in [0.1, 0.15) is 27.8 Å². The predicted octanol–water partition coefficient (Wildman–Crippen LogP) is 2.03. The molecule has 0 saturated carbocycles. The second-order valence-corrected chi connectivity index (χ2v) is 4.63. The fraction of sp³-hybridized carbons (Fsp3) is 0.214. The zero-order valence-electron chi connectivity index (χ0n) is 11.5. The van der Waals surface area contributed by atoms with Gasteiger partial charge in [0.05, 0.1) is 10.8 Å². The lowest BCUT2D eigenvalue weighted by molar-refractivity contribution is -0.384. The van der Waals surface area contributed by atoms with Gasteiger partial charge in [0.2, 0.25) is 0 Å². The lowest BCUT2D eigenvalue weighted by atomic mass is 9.94. The first-order valence-electron chi connectivity index (χ1n) is 6.22. The molecule has 7 heteroatoms. The smallest absolute Gasteiger partial charge is 0.270 e. The predicted molar refractivity (Wildman–Crippen MR) is 74.1 cm³/mol. The molecule has 108 valence electrons. The molecule has 1 unspecified atom stereocenters. The molecule has 0 fully saturated rings. The Kier molecular flexibility index (Phi) is 3.93. The lowest BCUT2D eigenvalue weighted by Gasteiger charge is -2.07. The SMILES string of the molecule is CC(C(=O)c1cccc([N+](=O)[O-])c1)C(=O)c1ccn(C)n1. The summed E-state index contributed by atoms with van der Waals surface area (Å²) in [4.78, 5) is 34.6. The van der Waals surface area contributed by atoms with Gasteiger partial charge in [-0.05, 0) is 13.0 Å². The van der Waals surface area contributed by atoms with Crippen molar-refractivity contribution in [3.63, 3.8) is 0 Å². The molecule has 1 aromatic heterocycles. The van der Waals surface area contributed by atoms with Gasteiger partial charge in [-0.15, -0.1) is 0 Å². The van der Waals surface area contributed by atoms with E-state index in [0.717, 1.165) is 0 Å². The van der Waals surface area contributed by atoms with E-state index in [9.17, 15) is 19.7 Å². The maximum Gasteiger partial charge on any atom is 0.270 e. The molecule has 21 heavy (non-hydrogen) atoms. The summed E-state index contributed by atoms with van der Waals surface area (Å²) in [6.45, 7) is 1.47. The van der Waals surface area contributed by atoms with Crippen LogP contribution < -0.4 is 0 Å². The van der Waals surface area contributed by atoms with Crippen molar-refractivity contribution in [1.82, 2.24) is 9.78 Å². The molecule has 0 saturated heterocycles. The topological polar surface area (TPSA) is 95.1 Å². The van der Waals surface area contributed by atoms with Crippen LogP contribution in [0.3, 0.4) is 0 Å². The Morgan fingerprint density at radius 2 is 2.00 bits per heavy atom. The monoisotopic (exact) mass is 287 g/mol. The lowest BCUT2D eigenvalue weighted by Crippen LogP contribution is -2.22. The summed E-state index contributed by atoms with van der Waals surface area (Å²) in [6.07, 6.45) is 1.61. The van der Waals surface area contributed by atoms with Gasteiger partial charge in [-0.25, -0.2) is 0 Å². The second-order valence-electron chi connectivity index (χ2n) is 4.63. The Morgan fingerprint density at radius 1 is 1.29 bits per heavy atom. The molecule has 1 atom stereocenters. The van der Waals surface area contributed by atoms with Crippen LogP contribution in [0.5, 0.6) is 0 Å². The van der Waals surface area contributed by atoms with Crippen LogP contribution in [-0.2, 0) is 7.05 Å². The number of carbonyl (C=O) groups excluding carboxylic acids is 2. The van der Waals surface area contributed by atoms with Crippen molar-refractivity contribution >= 4 is 17.3 Å². The van der Waals surface area contributed by atoms with Crippen LogP contribution in [0.15, 0.2) is 36.5 Å². The highest BCUT2D eigenvalue weighted by Crippen LogP contribution is 2.18. The highest BCUT2D eigenvalue weighted by Gasteiger charge is 2.26. The van der Waals surface area contributed by atoms with Crippen LogP contribution in [-0.4, -0.2) is 26.3 Å². The van der Waals surface area contributed by atoms with Gasteiger partial charge in [-0.2, -0.15) is 5.10 Å². The molecule has 1 heterocycles. The quantitative estimate of drug-likeness (QED) is 0.363. The van der Waals surface area contributed by atoms with Gasteiger partial charge in [-0.3, -0.25) is 24.4 Å². The average molecular weight is 287 g/mol. The summed E-state index contributed by atoms with van der Waals surface area (Å²) in [5.74, 6) is -1.82. The van der Waals surface area contributed by atoms with Gasteiger partial charge < -0.3 is 0 Å². The number of Topliss-reactive ketones (excluding diaryl/α,β-unsaturated/α-hetero) is 2. The fourth-order valence-electron chi connectivity index (χ4n) is 1.91. The van der Waals surface area contributed by atoms with Crippen LogP contribution in [0.25, 0.3) is 0 Å². The maximum atomic E-state index is 12.3. The average Bonchev–Trinajstić information content (AvgIpc) is 2.91. The van der Waals surface area contributed by atoms with Gasteiger partial charge in [0.15, 0.2) is 11.6 Å². The highest BCUT2D eigenvalue weighted by atomic mass is 16.6. The third kappa shape index (κ3) is 3.02. The first-order valence-corrected chi connectivity index (χ1v) is 6.22. The van der Waals surface area contributed by atoms with E-state index in [2.05, 4.69) is 5.10 Å². The Labute approximate surface area is 120 Å². The van der Waals surface area contributed by atoms with E-state index >= 15 is 0 Å². The highest BCUT2D eigenvalue weighted by molar-refractivity contribution is 6.15. The first kappa shape index (κ1) is 14.6. The minimum Gasteiger partial charge on any atom is -0.293 e. The summed E-state index contributed by atoms with van der Waals surface area (Å²) < 4.78 is 1.47. The van der Waals surface area contributed by atoms with Gasteiger partial charge in [0, 0.05) is 30.9 Å². The van der Waals surface area contributed by atoms with Crippen molar-refractivity contribution in [3.05, 3.63) is 57.9 Å². The molecule has 0 aliphatic carbocycles. The number of hydrogen-bond acceptors (Lipinski definition) is 5. The molecular weight excluding hydrogens is 274 g/mol. The minimum atomic E-state index is -0.943. The van der Waals surface area contributed by atoms with Crippen LogP contribution in [0.4, 0.5) is 5.69 Å². The molecule has 0 amide bonds. The van der Waals surface area contributed by atoms with Crippen LogP contribution in [0, 0.1) is 16.0 Å². The molecule has 0 bridgehead atoms. The number of non-ortho nitro benzene ring substituents is 1. The molecule has 2 rings (SSSR count). The van der Waals surface area contributed by atoms with E-state index in [-0.39, 0.29) is 16.9 Å². The molecule has 0 N–H and O–H groups in total. The number of hydrogen-bond donors (Lipinski definition) is 0. The number of carbonyl (C=O) groups is 2. The summed E-state index contributed by atoms with van der Waals surface area (Å²) in [5.41, 5.74) is 0.156. The van der Waals surface area contributed by atoms with Crippen LogP contribution >= 0.6 is 0 Å². The second kappa shape index (κ2) is 5.66. The van der Waals surface area contributed by atoms with Crippen molar-refractivity contribution in [2.24, 2.45) is 13.0 Å². The zero-order chi connectivity index (χ0) is 15.6. The van der Waals surface area contributed by atoms with E-state index in [0.29, 0.717) is 0 Å². The van der Waals surface area contributed by atoms with Gasteiger partial charge >= 0.3 is 0 Å². The standard InChI is InChI=1S/C14H13N3O4/c1-9(14(19)12-6-7-16(2)15-12)13(18)10-4-3-5-11(8-10)17(20)21/h3-9H,1-2H3. The Morgan fingerprint density at radius 3 is 2.57 bits per heavy atom. The Balaban J connectivity index is 2.25. The molecule has 0 spiro atoms. The number of nitro benzene ring substituents is 1. The minimum absolute atomic E-state index is 0.140. The maximum absolute atomic E-state index is 12.3. The number of nitrogens with zero attached hydrogens (tertiary/aromatic N) is 3. The van der Waals surface area contributed by atoms with E-state index < -0.39 is 22.4 Å². The third-order valence-electron chi connectivity index (χ3n) is 3.09. The number of ketones is 2. The largest absolute Gasteiger partial charge is 0.293 e. The first-order chi connectivity index (χ1) is 9.90. The summed E-state index contributed by atoms with van der Waals surface area (Å²) >= 11 is 0. The molecule has 2 aromatic rings. The zero-order valence-corrected chi connectivity index (χ0v) is 11.5. The summed E-state index contributed by atoms with van der Waals surface area (Å²) in [6, 6.07) is 6.87. The molecule has 7 nitrogen and oxygen atoms in total. The Hall–Kier alpha value is -2.83. The van der Waals surface area contributed by atoms with Crippen molar-refractivity contribution in [2.45, 2.75) is 6.92 Å². The molecular formula is C14H13N3O4. The molecule has 0 radical (unpaired) electrons. The van der Waals surface area contributed by atoms with Gasteiger partial charge in [-0.1, -0.05) is 12.1 Å². The van der Waals surface area contributed by atoms with E-state index in [4.69, 9.17) is 0 Å². The number of aryl methyl sites for hydroxylation is 1. The fourth-order valence-corrected chi connectivity index (χ4v) is 1.91. The molecule has 0 aliphatic rings. The summed E-state index contributed by atoms with van der Waals surface area (Å²) in [7, 11) is 1.67. The van der Waals surface area contributed by atoms with Crippen molar-refractivity contribution < 1.29 is 14.5 Å². The summed E-state index contributed by atoms with van der Waals surface area (Å²) in [5, 5.41) is 14.7. The third-order valence-corrected chi connectivity index (χ3v) is 3.09. The van der Waals surface area contributed by atoms with Crippen molar-refractivity contribution in [2.75, 3.05) is 0 Å². The number of aromatic nitrogens is 2. The van der Waals surface area contributed by atoms with E-state index in [1.165, 1.54) is 41.9 Å². The number of rotatable bonds is 5. The van der Waals surface area contributed by atoms with E-state index in [1.807, 2.05) is 0 Å². The number of benzene rings is 1. The normalized spacial score (nSPS) is 11.9. The van der Waals surface area contributed by atoms with Gasteiger partial charge in [0.25, 0.3) is 5.69 Å².